The number of carbonyl (C=O) groups excluding carboxylic acids is 1. The second-order valence-corrected chi connectivity index (χ2v) is 4.86. The van der Waals surface area contributed by atoms with Crippen LogP contribution in [0.5, 0.6) is 0 Å². The summed E-state index contributed by atoms with van der Waals surface area (Å²) in [6.45, 7) is 2.79. The maximum absolute atomic E-state index is 11.9. The zero-order valence-electron chi connectivity index (χ0n) is 9.19. The quantitative estimate of drug-likeness (QED) is 0.807. The molecule has 0 spiro atoms. The molecule has 0 aliphatic carbocycles. The maximum Gasteiger partial charge on any atom is 0.242 e. The highest BCUT2D eigenvalue weighted by molar-refractivity contribution is 7.99. The van der Waals surface area contributed by atoms with Gasteiger partial charge in [0.25, 0.3) is 0 Å². The fraction of sp³-hybridized carbons (Fsp3) is 0.455. The molecular weight excluding hydrogens is 222 g/mol. The monoisotopic (exact) mass is 237 g/mol. The van der Waals surface area contributed by atoms with Gasteiger partial charge in [-0.2, -0.15) is 11.8 Å². The molecule has 1 aromatic heterocycles. The van der Waals surface area contributed by atoms with Gasteiger partial charge in [0.2, 0.25) is 5.91 Å². The number of thioether (sulfide) groups is 1. The summed E-state index contributed by atoms with van der Waals surface area (Å²) < 4.78 is 0. The van der Waals surface area contributed by atoms with Crippen LogP contribution in [0.2, 0.25) is 0 Å². The lowest BCUT2D eigenvalue weighted by Crippen LogP contribution is -2.46. The molecule has 0 saturated carbocycles. The third-order valence-electron chi connectivity index (χ3n) is 2.50. The van der Waals surface area contributed by atoms with Crippen molar-refractivity contribution >= 4 is 23.4 Å². The number of pyridine rings is 1. The molecule has 1 aromatic rings. The Morgan fingerprint density at radius 3 is 3.25 bits per heavy atom. The first kappa shape index (κ1) is 11.4. The van der Waals surface area contributed by atoms with Crippen molar-refractivity contribution in [1.29, 1.82) is 0 Å². The normalized spacial score (nSPS) is 20.4. The predicted molar refractivity (Wildman–Crippen MR) is 66.7 cm³/mol. The molecule has 16 heavy (non-hydrogen) atoms. The highest BCUT2D eigenvalue weighted by atomic mass is 32.2. The minimum absolute atomic E-state index is 0.0308. The summed E-state index contributed by atoms with van der Waals surface area (Å²) in [5, 5.41) is 6.11. The molecule has 0 aromatic carbocycles. The average Bonchev–Trinajstić information content (AvgIpc) is 2.33. The Bertz CT molecular complexity index is 377. The molecule has 1 aliphatic rings. The van der Waals surface area contributed by atoms with Crippen LogP contribution in [-0.4, -0.2) is 35.0 Å². The minimum Gasteiger partial charge on any atom is -0.323 e. The Hall–Kier alpha value is -1.07. The van der Waals surface area contributed by atoms with E-state index in [0.29, 0.717) is 0 Å². The summed E-state index contributed by atoms with van der Waals surface area (Å²) in [5.74, 6) is 1.95. The molecule has 1 aliphatic heterocycles. The predicted octanol–water partition coefficient (Wildman–Crippen LogP) is 1.03. The second kappa shape index (κ2) is 5.32. The first-order valence-corrected chi connectivity index (χ1v) is 6.46. The van der Waals surface area contributed by atoms with Crippen LogP contribution in [0, 0.1) is 6.92 Å². The number of nitrogens with one attached hydrogen (secondary N) is 2. The van der Waals surface area contributed by atoms with Crippen molar-refractivity contribution in [3.05, 3.63) is 24.0 Å². The number of carbonyl (C=O) groups is 1. The molecule has 1 amide bonds. The number of aryl methyl sites for hydroxylation is 1. The van der Waals surface area contributed by atoms with E-state index in [0.717, 1.165) is 29.4 Å². The molecule has 1 fully saturated rings. The number of hydrogen-bond acceptors (Lipinski definition) is 4. The summed E-state index contributed by atoms with van der Waals surface area (Å²) in [6.07, 6.45) is 1.72. The molecule has 2 heterocycles. The van der Waals surface area contributed by atoms with Gasteiger partial charge in [0.15, 0.2) is 0 Å². The fourth-order valence-electron chi connectivity index (χ4n) is 1.57. The zero-order chi connectivity index (χ0) is 11.4. The number of rotatable bonds is 2. The smallest absolute Gasteiger partial charge is 0.242 e. The molecule has 0 bridgehead atoms. The van der Waals surface area contributed by atoms with E-state index >= 15 is 0 Å². The molecule has 2 rings (SSSR count). The van der Waals surface area contributed by atoms with Crippen LogP contribution < -0.4 is 10.6 Å². The van der Waals surface area contributed by atoms with Gasteiger partial charge in [-0.05, 0) is 19.1 Å². The van der Waals surface area contributed by atoms with Crippen molar-refractivity contribution < 1.29 is 4.79 Å². The Morgan fingerprint density at radius 2 is 2.56 bits per heavy atom. The van der Waals surface area contributed by atoms with E-state index in [2.05, 4.69) is 15.6 Å². The SMILES string of the molecule is Cc1ncccc1NC(=O)C1CSCCN1. The summed E-state index contributed by atoms with van der Waals surface area (Å²) in [7, 11) is 0. The summed E-state index contributed by atoms with van der Waals surface area (Å²) in [4.78, 5) is 16.0. The Balaban J connectivity index is 1.99. The third-order valence-corrected chi connectivity index (χ3v) is 3.56. The van der Waals surface area contributed by atoms with Crippen LogP contribution in [0.1, 0.15) is 5.69 Å². The van der Waals surface area contributed by atoms with Gasteiger partial charge < -0.3 is 10.6 Å². The molecule has 1 atom stereocenters. The summed E-state index contributed by atoms with van der Waals surface area (Å²) in [5.41, 5.74) is 1.64. The van der Waals surface area contributed by atoms with Crippen LogP contribution in [0.3, 0.4) is 0 Å². The number of aromatic nitrogens is 1. The number of anilines is 1. The molecule has 4 nitrogen and oxygen atoms in total. The van der Waals surface area contributed by atoms with Gasteiger partial charge in [-0.1, -0.05) is 0 Å². The van der Waals surface area contributed by atoms with Gasteiger partial charge in [-0.25, -0.2) is 0 Å². The number of hydrogen-bond donors (Lipinski definition) is 2. The zero-order valence-corrected chi connectivity index (χ0v) is 10.0. The first-order valence-electron chi connectivity index (χ1n) is 5.31. The van der Waals surface area contributed by atoms with E-state index in [4.69, 9.17) is 0 Å². The van der Waals surface area contributed by atoms with Gasteiger partial charge in [0, 0.05) is 24.2 Å². The molecule has 1 saturated heterocycles. The third kappa shape index (κ3) is 2.74. The molecule has 0 radical (unpaired) electrons. The van der Waals surface area contributed by atoms with Gasteiger partial charge in [-0.3, -0.25) is 9.78 Å². The van der Waals surface area contributed by atoms with Crippen molar-refractivity contribution in [2.45, 2.75) is 13.0 Å². The topological polar surface area (TPSA) is 54.0 Å². The molecule has 2 N–H and O–H groups in total. The molecular formula is C11H15N3OS. The minimum atomic E-state index is -0.0849. The Kier molecular flexibility index (Phi) is 3.79. The van der Waals surface area contributed by atoms with Crippen LogP contribution in [0.15, 0.2) is 18.3 Å². The maximum atomic E-state index is 11.9. The Labute approximate surface area is 99.2 Å². The molecule has 86 valence electrons. The van der Waals surface area contributed by atoms with E-state index in [9.17, 15) is 4.79 Å². The highest BCUT2D eigenvalue weighted by Gasteiger charge is 2.21. The lowest BCUT2D eigenvalue weighted by atomic mass is 10.2. The van der Waals surface area contributed by atoms with Gasteiger partial charge in [0.1, 0.15) is 0 Å². The molecule has 1 unspecified atom stereocenters. The molecule has 5 heteroatoms. The number of amides is 1. The van der Waals surface area contributed by atoms with Crippen LogP contribution in [0.25, 0.3) is 0 Å². The van der Waals surface area contributed by atoms with E-state index < -0.39 is 0 Å². The van der Waals surface area contributed by atoms with Crippen LogP contribution in [0.4, 0.5) is 5.69 Å². The van der Waals surface area contributed by atoms with Gasteiger partial charge in [0.05, 0.1) is 17.4 Å². The second-order valence-electron chi connectivity index (χ2n) is 3.71. The lowest BCUT2D eigenvalue weighted by Gasteiger charge is -2.22. The van der Waals surface area contributed by atoms with E-state index in [1.807, 2.05) is 30.8 Å². The van der Waals surface area contributed by atoms with Gasteiger partial charge in [-0.15, -0.1) is 0 Å². The van der Waals surface area contributed by atoms with Crippen molar-refractivity contribution in [2.75, 3.05) is 23.4 Å². The highest BCUT2D eigenvalue weighted by Crippen LogP contribution is 2.13. The van der Waals surface area contributed by atoms with Crippen LogP contribution >= 0.6 is 11.8 Å². The standard InChI is InChI=1S/C11H15N3OS/c1-8-9(3-2-4-12-8)14-11(15)10-7-16-6-5-13-10/h2-4,10,13H,5-7H2,1H3,(H,14,15). The van der Waals surface area contributed by atoms with Gasteiger partial charge >= 0.3 is 0 Å². The van der Waals surface area contributed by atoms with Crippen molar-refractivity contribution in [3.63, 3.8) is 0 Å². The fourth-order valence-corrected chi connectivity index (χ4v) is 2.50. The number of nitrogens with zero attached hydrogens (tertiary/aromatic N) is 1. The van der Waals surface area contributed by atoms with Crippen molar-refractivity contribution in [1.82, 2.24) is 10.3 Å². The van der Waals surface area contributed by atoms with E-state index in [1.165, 1.54) is 0 Å². The van der Waals surface area contributed by atoms with E-state index in [-0.39, 0.29) is 11.9 Å². The average molecular weight is 237 g/mol. The Morgan fingerprint density at radius 1 is 1.69 bits per heavy atom. The summed E-state index contributed by atoms with van der Waals surface area (Å²) >= 11 is 1.81. The van der Waals surface area contributed by atoms with Crippen molar-refractivity contribution in [2.24, 2.45) is 0 Å². The van der Waals surface area contributed by atoms with Crippen LogP contribution in [-0.2, 0) is 4.79 Å². The largest absolute Gasteiger partial charge is 0.323 e. The lowest BCUT2D eigenvalue weighted by molar-refractivity contribution is -0.117. The first-order chi connectivity index (χ1) is 7.77. The van der Waals surface area contributed by atoms with Crippen molar-refractivity contribution in [3.8, 4) is 0 Å². The summed E-state index contributed by atoms with van der Waals surface area (Å²) in [6, 6.07) is 3.61. The van der Waals surface area contributed by atoms with E-state index in [1.54, 1.807) is 6.20 Å².